The summed E-state index contributed by atoms with van der Waals surface area (Å²) in [6, 6.07) is 15.9. The van der Waals surface area contributed by atoms with E-state index in [0.29, 0.717) is 10.0 Å². The lowest BCUT2D eigenvalue weighted by molar-refractivity contribution is 0.445. The maximum atomic E-state index is 6.33. The molecule has 0 aliphatic carbocycles. The summed E-state index contributed by atoms with van der Waals surface area (Å²) in [6.07, 6.45) is 0.946. The van der Waals surface area contributed by atoms with Crippen molar-refractivity contribution in [1.29, 1.82) is 0 Å². The molecule has 2 nitrogen and oxygen atoms in total. The molecule has 0 heterocycles. The molecule has 2 unspecified atom stereocenters. The third-order valence-corrected chi connectivity index (χ3v) is 4.40. The summed E-state index contributed by atoms with van der Waals surface area (Å²) in [6.45, 7) is 2.14. The van der Waals surface area contributed by atoms with Crippen LogP contribution in [0.3, 0.4) is 0 Å². The number of hydrazine groups is 1. The Morgan fingerprint density at radius 1 is 1.05 bits per heavy atom. The van der Waals surface area contributed by atoms with Gasteiger partial charge in [-0.15, -0.1) is 0 Å². The van der Waals surface area contributed by atoms with Crippen LogP contribution in [0.5, 0.6) is 0 Å². The molecule has 3 N–H and O–H groups in total. The summed E-state index contributed by atoms with van der Waals surface area (Å²) in [4.78, 5) is 0. The van der Waals surface area contributed by atoms with Gasteiger partial charge in [-0.2, -0.15) is 0 Å². The van der Waals surface area contributed by atoms with Gasteiger partial charge in [-0.3, -0.25) is 11.3 Å². The number of nitrogens with two attached hydrogens (primary N) is 1. The van der Waals surface area contributed by atoms with Gasteiger partial charge in [0.2, 0.25) is 0 Å². The lowest BCUT2D eigenvalue weighted by Gasteiger charge is -2.27. The molecule has 2 aromatic carbocycles. The summed E-state index contributed by atoms with van der Waals surface area (Å²) in [5.41, 5.74) is 5.05. The monoisotopic (exact) mass is 308 g/mol. The number of halogens is 2. The average Bonchev–Trinajstić information content (AvgIpc) is 2.49. The molecule has 2 aromatic rings. The van der Waals surface area contributed by atoms with E-state index in [1.54, 1.807) is 6.07 Å². The zero-order valence-electron chi connectivity index (χ0n) is 11.3. The first-order valence-corrected chi connectivity index (χ1v) is 7.39. The van der Waals surface area contributed by atoms with Gasteiger partial charge >= 0.3 is 0 Å². The third kappa shape index (κ3) is 3.15. The van der Waals surface area contributed by atoms with E-state index in [-0.39, 0.29) is 12.0 Å². The minimum atomic E-state index is -0.0754. The molecule has 0 aliphatic heterocycles. The average molecular weight is 309 g/mol. The molecule has 106 valence electrons. The second-order valence-electron chi connectivity index (χ2n) is 4.71. The Morgan fingerprint density at radius 2 is 1.75 bits per heavy atom. The fourth-order valence-corrected chi connectivity index (χ4v) is 2.97. The standard InChI is InChI=1S/C16H18Cl2N2/c1-2-12(11-7-4-3-5-8-11)16(20-19)13-9-6-10-14(17)15(13)18/h3-10,12,16,20H,2,19H2,1H3. The second-order valence-corrected chi connectivity index (χ2v) is 5.50. The molecule has 0 saturated heterocycles. The normalized spacial score (nSPS) is 14.0. The molecule has 0 bridgehead atoms. The molecule has 0 saturated carbocycles. The van der Waals surface area contributed by atoms with Crippen LogP contribution in [0.2, 0.25) is 10.0 Å². The van der Waals surface area contributed by atoms with Gasteiger partial charge in [0.1, 0.15) is 0 Å². The first kappa shape index (κ1) is 15.3. The predicted molar refractivity (Wildman–Crippen MR) is 86.0 cm³/mol. The highest BCUT2D eigenvalue weighted by Gasteiger charge is 2.24. The predicted octanol–water partition coefficient (Wildman–Crippen LogP) is 4.69. The third-order valence-electron chi connectivity index (χ3n) is 3.57. The Labute approximate surface area is 129 Å². The van der Waals surface area contributed by atoms with Crippen LogP contribution in [0.1, 0.15) is 36.4 Å². The van der Waals surface area contributed by atoms with E-state index in [9.17, 15) is 0 Å². The van der Waals surface area contributed by atoms with E-state index in [2.05, 4.69) is 24.5 Å². The fourth-order valence-electron chi connectivity index (χ4n) is 2.55. The number of nitrogens with one attached hydrogen (secondary N) is 1. The summed E-state index contributed by atoms with van der Waals surface area (Å²) < 4.78 is 0. The topological polar surface area (TPSA) is 38.0 Å². The molecule has 2 rings (SSSR count). The molecule has 0 aliphatic rings. The van der Waals surface area contributed by atoms with Crippen molar-refractivity contribution in [3.05, 3.63) is 69.7 Å². The zero-order valence-corrected chi connectivity index (χ0v) is 12.8. The van der Waals surface area contributed by atoms with Crippen LogP contribution in [0, 0.1) is 0 Å². The highest BCUT2D eigenvalue weighted by molar-refractivity contribution is 6.42. The van der Waals surface area contributed by atoms with Gasteiger partial charge < -0.3 is 0 Å². The van der Waals surface area contributed by atoms with E-state index in [1.807, 2.05) is 30.3 Å². The number of benzene rings is 2. The molecule has 0 spiro atoms. The highest BCUT2D eigenvalue weighted by Crippen LogP contribution is 2.38. The minimum Gasteiger partial charge on any atom is -0.271 e. The van der Waals surface area contributed by atoms with Crippen molar-refractivity contribution in [2.45, 2.75) is 25.3 Å². The molecule has 20 heavy (non-hydrogen) atoms. The molecule has 0 amide bonds. The van der Waals surface area contributed by atoms with Crippen LogP contribution in [0.25, 0.3) is 0 Å². The maximum Gasteiger partial charge on any atom is 0.0640 e. The summed E-state index contributed by atoms with van der Waals surface area (Å²) >= 11 is 12.4. The molecule has 0 radical (unpaired) electrons. The summed E-state index contributed by atoms with van der Waals surface area (Å²) in [5, 5.41) is 1.11. The SMILES string of the molecule is CCC(c1ccccc1)C(NN)c1cccc(Cl)c1Cl. The fraction of sp³-hybridized carbons (Fsp3) is 0.250. The van der Waals surface area contributed by atoms with E-state index in [1.165, 1.54) is 5.56 Å². The van der Waals surface area contributed by atoms with Gasteiger partial charge in [-0.1, -0.05) is 72.6 Å². The van der Waals surface area contributed by atoms with Crippen LogP contribution in [0.4, 0.5) is 0 Å². The van der Waals surface area contributed by atoms with Gasteiger partial charge in [0.15, 0.2) is 0 Å². The Hall–Kier alpha value is -1.06. The summed E-state index contributed by atoms with van der Waals surface area (Å²) in [7, 11) is 0. The van der Waals surface area contributed by atoms with Gasteiger partial charge in [0.05, 0.1) is 16.1 Å². The smallest absolute Gasteiger partial charge is 0.0640 e. The number of hydrogen-bond donors (Lipinski definition) is 2. The van der Waals surface area contributed by atoms with E-state index in [0.717, 1.165) is 12.0 Å². The van der Waals surface area contributed by atoms with Crippen molar-refractivity contribution < 1.29 is 0 Å². The Bertz CT molecular complexity index is 558. The van der Waals surface area contributed by atoms with Crippen molar-refractivity contribution in [2.24, 2.45) is 5.84 Å². The van der Waals surface area contributed by atoms with Gasteiger partial charge in [0.25, 0.3) is 0 Å². The van der Waals surface area contributed by atoms with Crippen LogP contribution >= 0.6 is 23.2 Å². The first-order valence-electron chi connectivity index (χ1n) is 6.64. The number of hydrogen-bond acceptors (Lipinski definition) is 2. The van der Waals surface area contributed by atoms with E-state index >= 15 is 0 Å². The Kier molecular flexibility index (Phi) is 5.44. The second kappa shape index (κ2) is 7.09. The van der Waals surface area contributed by atoms with Crippen molar-refractivity contribution in [2.75, 3.05) is 0 Å². The molecule has 0 fully saturated rings. The Balaban J connectivity index is 2.42. The van der Waals surface area contributed by atoms with Crippen molar-refractivity contribution in [3.63, 3.8) is 0 Å². The maximum absolute atomic E-state index is 6.33. The molecule has 4 heteroatoms. The number of rotatable bonds is 5. The van der Waals surface area contributed by atoms with Crippen LogP contribution < -0.4 is 11.3 Å². The zero-order chi connectivity index (χ0) is 14.5. The molecular formula is C16H18Cl2N2. The van der Waals surface area contributed by atoms with E-state index < -0.39 is 0 Å². The van der Waals surface area contributed by atoms with Crippen LogP contribution in [-0.4, -0.2) is 0 Å². The largest absolute Gasteiger partial charge is 0.271 e. The molecule has 2 atom stereocenters. The highest BCUT2D eigenvalue weighted by atomic mass is 35.5. The van der Waals surface area contributed by atoms with Crippen molar-refractivity contribution in [3.8, 4) is 0 Å². The van der Waals surface area contributed by atoms with Crippen molar-refractivity contribution in [1.82, 2.24) is 5.43 Å². The first-order chi connectivity index (χ1) is 9.69. The Morgan fingerprint density at radius 3 is 2.35 bits per heavy atom. The lowest BCUT2D eigenvalue weighted by atomic mass is 9.85. The molecule has 0 aromatic heterocycles. The van der Waals surface area contributed by atoms with Crippen molar-refractivity contribution >= 4 is 23.2 Å². The lowest BCUT2D eigenvalue weighted by Crippen LogP contribution is -2.32. The van der Waals surface area contributed by atoms with Crippen LogP contribution in [0.15, 0.2) is 48.5 Å². The summed E-state index contributed by atoms with van der Waals surface area (Å²) in [5.74, 6) is 6.02. The van der Waals surface area contributed by atoms with Gasteiger partial charge in [-0.05, 0) is 23.6 Å². The van der Waals surface area contributed by atoms with Crippen LogP contribution in [-0.2, 0) is 0 Å². The van der Waals surface area contributed by atoms with E-state index in [4.69, 9.17) is 29.0 Å². The minimum absolute atomic E-state index is 0.0754. The van der Waals surface area contributed by atoms with Gasteiger partial charge in [-0.25, -0.2) is 0 Å². The molecular weight excluding hydrogens is 291 g/mol. The van der Waals surface area contributed by atoms with Gasteiger partial charge in [0, 0.05) is 5.92 Å². The quantitative estimate of drug-likeness (QED) is 0.621.